The normalized spacial score (nSPS) is 16.0. The highest BCUT2D eigenvalue weighted by molar-refractivity contribution is 5.93. The maximum absolute atomic E-state index is 15.3. The van der Waals surface area contributed by atoms with Gasteiger partial charge in [-0.1, -0.05) is 19.8 Å². The fourth-order valence-corrected chi connectivity index (χ4v) is 4.89. The Morgan fingerprint density at radius 3 is 2.66 bits per heavy atom. The van der Waals surface area contributed by atoms with Gasteiger partial charge in [0.1, 0.15) is 11.5 Å². The Labute approximate surface area is 220 Å². The zero-order valence-electron chi connectivity index (χ0n) is 21.9. The first-order chi connectivity index (χ1) is 18.4. The van der Waals surface area contributed by atoms with Crippen LogP contribution in [0.2, 0.25) is 0 Å². The van der Waals surface area contributed by atoms with Gasteiger partial charge in [-0.15, -0.1) is 0 Å². The fraction of sp³-hybridized carbons (Fsp3) is 0.393. The highest BCUT2D eigenvalue weighted by atomic mass is 19.1. The lowest BCUT2D eigenvalue weighted by Gasteiger charge is -2.27. The predicted molar refractivity (Wildman–Crippen MR) is 140 cm³/mol. The van der Waals surface area contributed by atoms with Crippen LogP contribution in [-0.2, 0) is 11.2 Å². The standard InChI is InChI=1S/C28H31FN6O3/c1-4-19-16-25(27(36)33-13-8-6-7-9-18(33)3)30-26-17-24(32-35(19)26)21-11-10-20(15-22(21)29)34-14-12-23(31-34)28(37)38-5-2/h10-12,14-18H,4-9,13H2,1-3H3/t18-/m1/s1. The maximum atomic E-state index is 15.3. The monoisotopic (exact) mass is 518 g/mol. The molecule has 4 aromatic rings. The molecule has 0 bridgehead atoms. The molecule has 1 aliphatic rings. The van der Waals surface area contributed by atoms with E-state index in [0.29, 0.717) is 34.7 Å². The van der Waals surface area contributed by atoms with E-state index in [-0.39, 0.29) is 24.2 Å². The number of esters is 1. The van der Waals surface area contributed by atoms with Gasteiger partial charge in [0.15, 0.2) is 11.3 Å². The summed E-state index contributed by atoms with van der Waals surface area (Å²) < 4.78 is 23.3. The van der Waals surface area contributed by atoms with E-state index in [2.05, 4.69) is 22.1 Å². The minimum Gasteiger partial charge on any atom is -0.461 e. The lowest BCUT2D eigenvalue weighted by molar-refractivity contribution is 0.0518. The van der Waals surface area contributed by atoms with Gasteiger partial charge in [-0.05, 0) is 57.4 Å². The van der Waals surface area contributed by atoms with Gasteiger partial charge >= 0.3 is 5.97 Å². The number of rotatable bonds is 6. The molecule has 198 valence electrons. The number of nitrogens with zero attached hydrogens (tertiary/aromatic N) is 6. The van der Waals surface area contributed by atoms with E-state index >= 15 is 4.39 Å². The van der Waals surface area contributed by atoms with Crippen molar-refractivity contribution >= 4 is 17.5 Å². The number of hydrogen-bond acceptors (Lipinski definition) is 6. The molecule has 1 aliphatic heterocycles. The number of amides is 1. The van der Waals surface area contributed by atoms with Crippen molar-refractivity contribution in [2.45, 2.75) is 58.9 Å². The fourth-order valence-electron chi connectivity index (χ4n) is 4.89. The van der Waals surface area contributed by atoms with Crippen molar-refractivity contribution in [2.75, 3.05) is 13.2 Å². The molecule has 1 aromatic carbocycles. The molecule has 3 aromatic heterocycles. The van der Waals surface area contributed by atoms with E-state index < -0.39 is 11.8 Å². The van der Waals surface area contributed by atoms with Crippen LogP contribution >= 0.6 is 0 Å². The molecule has 1 fully saturated rings. The molecule has 0 unspecified atom stereocenters. The third-order valence-corrected chi connectivity index (χ3v) is 6.96. The van der Waals surface area contributed by atoms with Crippen LogP contribution in [0.1, 0.15) is 73.1 Å². The molecule has 0 aliphatic carbocycles. The molecule has 5 rings (SSSR count). The van der Waals surface area contributed by atoms with Crippen molar-refractivity contribution in [3.63, 3.8) is 0 Å². The van der Waals surface area contributed by atoms with Gasteiger partial charge in [0, 0.05) is 42.2 Å². The van der Waals surface area contributed by atoms with Crippen LogP contribution in [0.25, 0.3) is 22.6 Å². The first-order valence-electron chi connectivity index (χ1n) is 13.1. The molecule has 1 atom stereocenters. The highest BCUT2D eigenvalue weighted by Gasteiger charge is 2.25. The molecule has 1 saturated heterocycles. The number of aromatic nitrogens is 5. The number of halogens is 1. The molecule has 0 spiro atoms. The number of benzene rings is 1. The molecule has 9 nitrogen and oxygen atoms in total. The Bertz CT molecular complexity index is 1490. The van der Waals surface area contributed by atoms with Crippen molar-refractivity contribution in [2.24, 2.45) is 0 Å². The summed E-state index contributed by atoms with van der Waals surface area (Å²) in [6.45, 7) is 6.77. The molecule has 10 heteroatoms. The van der Waals surface area contributed by atoms with Crippen LogP contribution in [-0.4, -0.2) is 60.3 Å². The number of likely N-dealkylation sites (tertiary alicyclic amines) is 1. The van der Waals surface area contributed by atoms with E-state index in [0.717, 1.165) is 37.9 Å². The smallest absolute Gasteiger partial charge is 0.358 e. The van der Waals surface area contributed by atoms with E-state index in [1.165, 1.54) is 16.8 Å². The number of fused-ring (bicyclic) bond motifs is 1. The van der Waals surface area contributed by atoms with Gasteiger partial charge in [0.2, 0.25) is 0 Å². The van der Waals surface area contributed by atoms with Gasteiger partial charge in [-0.3, -0.25) is 4.79 Å². The highest BCUT2D eigenvalue weighted by Crippen LogP contribution is 2.26. The quantitative estimate of drug-likeness (QED) is 0.338. The second kappa shape index (κ2) is 10.7. The summed E-state index contributed by atoms with van der Waals surface area (Å²) in [6, 6.07) is 9.85. The summed E-state index contributed by atoms with van der Waals surface area (Å²) in [4.78, 5) is 31.9. The Morgan fingerprint density at radius 1 is 1.05 bits per heavy atom. The van der Waals surface area contributed by atoms with Gasteiger partial charge < -0.3 is 9.64 Å². The minimum atomic E-state index is -0.532. The van der Waals surface area contributed by atoms with Crippen LogP contribution in [0.4, 0.5) is 4.39 Å². The number of carbonyl (C=O) groups is 2. The van der Waals surface area contributed by atoms with Gasteiger partial charge in [-0.25, -0.2) is 23.4 Å². The average Bonchev–Trinajstić information content (AvgIpc) is 3.52. The Morgan fingerprint density at radius 2 is 1.89 bits per heavy atom. The summed E-state index contributed by atoms with van der Waals surface area (Å²) in [5.41, 5.74) is 3.03. The molecular weight excluding hydrogens is 487 g/mol. The lowest BCUT2D eigenvalue weighted by Crippen LogP contribution is -2.38. The van der Waals surface area contributed by atoms with Gasteiger partial charge in [-0.2, -0.15) is 10.2 Å². The number of ether oxygens (including phenoxy) is 1. The van der Waals surface area contributed by atoms with Crippen molar-refractivity contribution in [1.82, 2.24) is 29.3 Å². The van der Waals surface area contributed by atoms with Crippen LogP contribution in [0.3, 0.4) is 0 Å². The summed E-state index contributed by atoms with van der Waals surface area (Å²) in [5.74, 6) is -1.10. The zero-order valence-corrected chi connectivity index (χ0v) is 21.9. The van der Waals surface area contributed by atoms with Gasteiger partial charge in [0.05, 0.1) is 18.0 Å². The second-order valence-corrected chi connectivity index (χ2v) is 9.51. The first-order valence-corrected chi connectivity index (χ1v) is 13.1. The van der Waals surface area contributed by atoms with Crippen molar-refractivity contribution in [1.29, 1.82) is 0 Å². The lowest BCUT2D eigenvalue weighted by atomic mass is 10.1. The number of aryl methyl sites for hydroxylation is 1. The van der Waals surface area contributed by atoms with E-state index in [1.807, 2.05) is 11.8 Å². The molecule has 4 heterocycles. The Balaban J connectivity index is 1.46. The van der Waals surface area contributed by atoms with Crippen molar-refractivity contribution < 1.29 is 18.7 Å². The predicted octanol–water partition coefficient (Wildman–Crippen LogP) is 4.86. The topological polar surface area (TPSA) is 94.6 Å². The van der Waals surface area contributed by atoms with Crippen molar-refractivity contribution in [3.8, 4) is 16.9 Å². The third kappa shape index (κ3) is 4.90. The van der Waals surface area contributed by atoms with Crippen molar-refractivity contribution in [3.05, 3.63) is 65.5 Å². The Hall–Kier alpha value is -4.08. The molecule has 1 amide bonds. The van der Waals surface area contributed by atoms with Gasteiger partial charge in [0.25, 0.3) is 5.91 Å². The average molecular weight is 519 g/mol. The third-order valence-electron chi connectivity index (χ3n) is 6.96. The molecule has 0 radical (unpaired) electrons. The molecular formula is C28H31FN6O3. The summed E-state index contributed by atoms with van der Waals surface area (Å²) >= 11 is 0. The zero-order chi connectivity index (χ0) is 26.8. The summed E-state index contributed by atoms with van der Waals surface area (Å²) in [7, 11) is 0. The summed E-state index contributed by atoms with van der Waals surface area (Å²) in [6.07, 6.45) is 6.45. The second-order valence-electron chi connectivity index (χ2n) is 9.51. The molecule has 38 heavy (non-hydrogen) atoms. The van der Waals surface area contributed by atoms with Crippen LogP contribution in [0.15, 0.2) is 42.6 Å². The first kappa shape index (κ1) is 25.6. The van der Waals surface area contributed by atoms with Crippen LogP contribution in [0, 0.1) is 5.82 Å². The van der Waals surface area contributed by atoms with E-state index in [9.17, 15) is 9.59 Å². The SMILES string of the molecule is CCOC(=O)c1ccn(-c2ccc(-c3cc4nc(C(=O)N5CCCCC[C@H]5C)cc(CC)n4n3)c(F)c2)n1. The Kier molecular flexibility index (Phi) is 7.22. The largest absolute Gasteiger partial charge is 0.461 e. The molecule has 0 saturated carbocycles. The van der Waals surface area contributed by atoms with Crippen LogP contribution in [0.5, 0.6) is 0 Å². The number of carbonyl (C=O) groups excluding carboxylic acids is 2. The van der Waals surface area contributed by atoms with Crippen LogP contribution < -0.4 is 0 Å². The minimum absolute atomic E-state index is 0.0729. The maximum Gasteiger partial charge on any atom is 0.358 e. The number of hydrogen-bond donors (Lipinski definition) is 0. The van der Waals surface area contributed by atoms with E-state index in [1.54, 1.807) is 41.9 Å². The molecule has 0 N–H and O–H groups in total. The van der Waals surface area contributed by atoms with E-state index in [4.69, 9.17) is 4.74 Å². The summed E-state index contributed by atoms with van der Waals surface area (Å²) in [5, 5.41) is 8.80.